The highest BCUT2D eigenvalue weighted by molar-refractivity contribution is 7.80. The Morgan fingerprint density at radius 2 is 1.91 bits per heavy atom. The Bertz CT molecular complexity index is 513. The Morgan fingerprint density at radius 3 is 2.57 bits per heavy atom. The van der Waals surface area contributed by atoms with Crippen molar-refractivity contribution in [2.45, 2.75) is 25.7 Å². The molecule has 1 heterocycles. The van der Waals surface area contributed by atoms with Crippen LogP contribution in [0.5, 0.6) is 0 Å². The van der Waals surface area contributed by atoms with Crippen molar-refractivity contribution in [3.05, 3.63) is 29.8 Å². The van der Waals surface area contributed by atoms with Gasteiger partial charge < -0.3 is 20.3 Å². The second-order valence-electron chi connectivity index (χ2n) is 5.66. The van der Waals surface area contributed by atoms with Gasteiger partial charge in [0.15, 0.2) is 5.11 Å². The van der Waals surface area contributed by atoms with Crippen LogP contribution in [-0.2, 0) is 4.74 Å². The van der Waals surface area contributed by atoms with Gasteiger partial charge in [-0.15, -0.1) is 0 Å². The molecule has 0 aromatic heterocycles. The maximum atomic E-state index is 12.4. The molecule has 23 heavy (non-hydrogen) atoms. The van der Waals surface area contributed by atoms with Gasteiger partial charge in [-0.1, -0.05) is 0 Å². The molecule has 1 fully saturated rings. The number of nitrogens with zero attached hydrogens (tertiary/aromatic N) is 1. The van der Waals surface area contributed by atoms with Crippen molar-refractivity contribution >= 4 is 28.9 Å². The zero-order chi connectivity index (χ0) is 16.5. The number of hydrogen-bond acceptors (Lipinski definition) is 3. The first-order valence-corrected chi connectivity index (χ1v) is 8.54. The van der Waals surface area contributed by atoms with E-state index in [4.69, 9.17) is 17.0 Å². The number of carbonyl (C=O) groups is 1. The molecule has 0 radical (unpaired) electrons. The van der Waals surface area contributed by atoms with Crippen molar-refractivity contribution in [3.63, 3.8) is 0 Å². The number of ether oxygens (including phenoxy) is 1. The van der Waals surface area contributed by atoms with E-state index in [1.54, 1.807) is 7.11 Å². The Balaban J connectivity index is 1.81. The van der Waals surface area contributed by atoms with E-state index in [1.165, 1.54) is 6.42 Å². The predicted octanol–water partition coefficient (Wildman–Crippen LogP) is 2.64. The van der Waals surface area contributed by atoms with E-state index in [9.17, 15) is 4.79 Å². The van der Waals surface area contributed by atoms with E-state index in [2.05, 4.69) is 10.6 Å². The lowest BCUT2D eigenvalue weighted by Crippen LogP contribution is -2.35. The van der Waals surface area contributed by atoms with Crippen molar-refractivity contribution in [1.29, 1.82) is 0 Å². The second-order valence-corrected chi connectivity index (χ2v) is 6.07. The summed E-state index contributed by atoms with van der Waals surface area (Å²) in [6, 6.07) is 7.49. The summed E-state index contributed by atoms with van der Waals surface area (Å²) < 4.78 is 4.99. The molecule has 1 amide bonds. The molecule has 1 saturated heterocycles. The van der Waals surface area contributed by atoms with E-state index < -0.39 is 0 Å². The number of carbonyl (C=O) groups excluding carboxylic acids is 1. The predicted molar refractivity (Wildman–Crippen MR) is 96.9 cm³/mol. The lowest BCUT2D eigenvalue weighted by atomic mass is 10.1. The van der Waals surface area contributed by atoms with E-state index >= 15 is 0 Å². The first-order chi connectivity index (χ1) is 11.2. The van der Waals surface area contributed by atoms with Crippen molar-refractivity contribution in [2.75, 3.05) is 38.7 Å². The smallest absolute Gasteiger partial charge is 0.253 e. The Labute approximate surface area is 143 Å². The van der Waals surface area contributed by atoms with E-state index in [-0.39, 0.29) is 5.91 Å². The molecule has 5 nitrogen and oxygen atoms in total. The van der Waals surface area contributed by atoms with Crippen LogP contribution >= 0.6 is 12.2 Å². The molecule has 0 atom stereocenters. The van der Waals surface area contributed by atoms with Gasteiger partial charge in [0.25, 0.3) is 5.91 Å². The Morgan fingerprint density at radius 1 is 1.22 bits per heavy atom. The number of likely N-dealkylation sites (tertiary alicyclic amines) is 1. The lowest BCUT2D eigenvalue weighted by molar-refractivity contribution is 0.0724. The number of hydrogen-bond donors (Lipinski definition) is 2. The fraction of sp³-hybridized carbons (Fsp3) is 0.529. The number of piperidine rings is 1. The van der Waals surface area contributed by atoms with Crippen molar-refractivity contribution in [3.8, 4) is 0 Å². The average molecular weight is 335 g/mol. The van der Waals surface area contributed by atoms with E-state index in [1.807, 2.05) is 29.2 Å². The van der Waals surface area contributed by atoms with Gasteiger partial charge in [-0.2, -0.15) is 0 Å². The van der Waals surface area contributed by atoms with Crippen LogP contribution in [0.3, 0.4) is 0 Å². The van der Waals surface area contributed by atoms with Gasteiger partial charge in [-0.3, -0.25) is 4.79 Å². The van der Waals surface area contributed by atoms with Crippen molar-refractivity contribution in [2.24, 2.45) is 0 Å². The minimum atomic E-state index is 0.122. The molecule has 2 rings (SSSR count). The molecule has 6 heteroatoms. The lowest BCUT2D eigenvalue weighted by Gasteiger charge is -2.26. The van der Waals surface area contributed by atoms with E-state index in [0.717, 1.165) is 50.1 Å². The average Bonchev–Trinajstić information content (AvgIpc) is 2.59. The van der Waals surface area contributed by atoms with Gasteiger partial charge >= 0.3 is 0 Å². The topological polar surface area (TPSA) is 53.6 Å². The van der Waals surface area contributed by atoms with E-state index in [0.29, 0.717) is 11.7 Å². The molecule has 2 N–H and O–H groups in total. The molecular weight excluding hydrogens is 310 g/mol. The monoisotopic (exact) mass is 335 g/mol. The molecule has 0 spiro atoms. The highest BCUT2D eigenvalue weighted by Gasteiger charge is 2.17. The maximum Gasteiger partial charge on any atom is 0.253 e. The molecule has 0 bridgehead atoms. The van der Waals surface area contributed by atoms with Crippen LogP contribution in [0.25, 0.3) is 0 Å². The number of benzene rings is 1. The summed E-state index contributed by atoms with van der Waals surface area (Å²) in [6.45, 7) is 3.22. The van der Waals surface area contributed by atoms with Gasteiger partial charge in [0.2, 0.25) is 0 Å². The molecular formula is C17H25N3O2S. The van der Waals surface area contributed by atoms with Crippen molar-refractivity contribution in [1.82, 2.24) is 10.2 Å². The summed E-state index contributed by atoms with van der Waals surface area (Å²) in [5.41, 5.74) is 1.61. The third kappa shape index (κ3) is 5.80. The summed E-state index contributed by atoms with van der Waals surface area (Å²) in [5, 5.41) is 6.82. The van der Waals surface area contributed by atoms with Gasteiger partial charge in [-0.05, 0) is 62.2 Å². The third-order valence-electron chi connectivity index (χ3n) is 3.84. The number of anilines is 1. The van der Waals surface area contributed by atoms with Gasteiger partial charge in [0, 0.05) is 44.6 Å². The van der Waals surface area contributed by atoms with Crippen LogP contribution in [0.2, 0.25) is 0 Å². The second kappa shape index (κ2) is 9.47. The fourth-order valence-electron chi connectivity index (χ4n) is 2.57. The number of nitrogens with one attached hydrogen (secondary N) is 2. The zero-order valence-electron chi connectivity index (χ0n) is 13.6. The summed E-state index contributed by atoms with van der Waals surface area (Å²) in [6.07, 6.45) is 4.34. The summed E-state index contributed by atoms with van der Waals surface area (Å²) in [4.78, 5) is 14.3. The molecule has 0 aliphatic carbocycles. The summed E-state index contributed by atoms with van der Waals surface area (Å²) >= 11 is 5.23. The summed E-state index contributed by atoms with van der Waals surface area (Å²) in [5.74, 6) is 0.122. The van der Waals surface area contributed by atoms with Crippen LogP contribution in [-0.4, -0.2) is 49.3 Å². The van der Waals surface area contributed by atoms with Crippen LogP contribution in [0.1, 0.15) is 36.0 Å². The van der Waals surface area contributed by atoms with Gasteiger partial charge in [-0.25, -0.2) is 0 Å². The third-order valence-corrected chi connectivity index (χ3v) is 4.09. The standard InChI is InChI=1S/C17H25N3O2S/c1-22-13-5-10-18-17(23)19-15-8-6-14(7-9-15)16(21)20-11-3-2-4-12-20/h6-9H,2-5,10-13H2,1H3,(H2,18,19,23). The number of amides is 1. The van der Waals surface area contributed by atoms with Crippen molar-refractivity contribution < 1.29 is 9.53 Å². The number of thiocarbonyl (C=S) groups is 1. The molecule has 1 aliphatic heterocycles. The first kappa shape index (κ1) is 17.7. The number of rotatable bonds is 6. The number of methoxy groups -OCH3 is 1. The Kier molecular flexibility index (Phi) is 7.29. The fourth-order valence-corrected chi connectivity index (χ4v) is 2.79. The minimum Gasteiger partial charge on any atom is -0.385 e. The van der Waals surface area contributed by atoms with Crippen LogP contribution in [0.4, 0.5) is 5.69 Å². The van der Waals surface area contributed by atoms with Crippen LogP contribution in [0, 0.1) is 0 Å². The molecule has 1 aromatic rings. The molecule has 1 aromatic carbocycles. The molecule has 0 unspecified atom stereocenters. The molecule has 1 aliphatic rings. The molecule has 126 valence electrons. The minimum absolute atomic E-state index is 0.122. The quantitative estimate of drug-likeness (QED) is 0.618. The first-order valence-electron chi connectivity index (χ1n) is 8.14. The van der Waals surface area contributed by atoms with Gasteiger partial charge in [0.1, 0.15) is 0 Å². The SMILES string of the molecule is COCCCNC(=S)Nc1ccc(C(=O)N2CCCCC2)cc1. The summed E-state index contributed by atoms with van der Waals surface area (Å²) in [7, 11) is 1.68. The maximum absolute atomic E-state index is 12.4. The Hall–Kier alpha value is -1.66. The van der Waals surface area contributed by atoms with Crippen LogP contribution < -0.4 is 10.6 Å². The largest absolute Gasteiger partial charge is 0.385 e. The molecule has 0 saturated carbocycles. The zero-order valence-corrected chi connectivity index (χ0v) is 14.5. The highest BCUT2D eigenvalue weighted by Crippen LogP contribution is 2.15. The normalized spacial score (nSPS) is 14.4. The highest BCUT2D eigenvalue weighted by atomic mass is 32.1. The van der Waals surface area contributed by atoms with Crippen LogP contribution in [0.15, 0.2) is 24.3 Å². The van der Waals surface area contributed by atoms with Gasteiger partial charge in [0.05, 0.1) is 0 Å².